The van der Waals surface area contributed by atoms with E-state index in [-0.39, 0.29) is 27.2 Å². The van der Waals surface area contributed by atoms with Gasteiger partial charge in [-0.1, -0.05) is 17.7 Å². The first-order chi connectivity index (χ1) is 12.5. The van der Waals surface area contributed by atoms with Crippen LogP contribution < -0.4 is 0 Å². The van der Waals surface area contributed by atoms with Crippen LogP contribution in [-0.2, 0) is 4.79 Å². The molecule has 1 amide bonds. The molecule has 1 aromatic heterocycles. The molecule has 0 spiro atoms. The number of halogens is 2. The number of aliphatic imine (C=N–C) groups is 1. The lowest BCUT2D eigenvalue weighted by molar-refractivity contribution is -0.114. The van der Waals surface area contributed by atoms with Crippen molar-refractivity contribution in [2.75, 3.05) is 0 Å². The second-order valence-corrected chi connectivity index (χ2v) is 6.67. The molecule has 2 aliphatic rings. The van der Waals surface area contributed by atoms with Crippen LogP contribution >= 0.6 is 23.4 Å². The fourth-order valence-electron chi connectivity index (χ4n) is 2.39. The average Bonchev–Trinajstić information content (AvgIpc) is 3.05. The topological polar surface area (TPSA) is 81.8 Å². The number of hydrogen-bond acceptors (Lipinski definition) is 5. The molecule has 128 valence electrons. The molecule has 0 radical (unpaired) electrons. The molecule has 3 heterocycles. The van der Waals surface area contributed by atoms with Crippen LogP contribution in [0.25, 0.3) is 6.08 Å². The smallest absolute Gasteiger partial charge is 0.282 e. The Morgan fingerprint density at radius 3 is 2.85 bits per heavy atom. The monoisotopic (exact) mass is 385 g/mol. The summed E-state index contributed by atoms with van der Waals surface area (Å²) in [7, 11) is 0. The van der Waals surface area contributed by atoms with Crippen LogP contribution in [0.2, 0.25) is 5.02 Å². The highest BCUT2D eigenvalue weighted by atomic mass is 35.5. The van der Waals surface area contributed by atoms with E-state index in [1.54, 1.807) is 18.5 Å². The van der Waals surface area contributed by atoms with Gasteiger partial charge in [-0.05, 0) is 42.1 Å². The summed E-state index contributed by atoms with van der Waals surface area (Å²) in [6.45, 7) is 0. The maximum atomic E-state index is 14.0. The van der Waals surface area contributed by atoms with E-state index in [1.165, 1.54) is 41.0 Å². The molecule has 4 rings (SSSR count). The van der Waals surface area contributed by atoms with Gasteiger partial charge < -0.3 is 0 Å². The Morgan fingerprint density at radius 1 is 1.27 bits per heavy atom. The van der Waals surface area contributed by atoms with Gasteiger partial charge >= 0.3 is 0 Å². The molecule has 0 bridgehead atoms. The summed E-state index contributed by atoms with van der Waals surface area (Å²) >= 11 is 7.17. The number of benzene rings is 1. The molecular formula is C17H9ClFN5OS. The van der Waals surface area contributed by atoms with Crippen LogP contribution in [-0.4, -0.2) is 31.9 Å². The Bertz CT molecular complexity index is 1010. The van der Waals surface area contributed by atoms with Crippen molar-refractivity contribution in [1.29, 1.82) is 5.41 Å². The van der Waals surface area contributed by atoms with Gasteiger partial charge in [-0.25, -0.2) is 4.39 Å². The minimum Gasteiger partial charge on any atom is -0.282 e. The van der Waals surface area contributed by atoms with Gasteiger partial charge in [0.25, 0.3) is 5.91 Å². The van der Waals surface area contributed by atoms with E-state index in [2.05, 4.69) is 15.1 Å². The van der Waals surface area contributed by atoms with Gasteiger partial charge in [-0.2, -0.15) is 15.1 Å². The number of nitrogens with zero attached hydrogens (tertiary/aromatic N) is 4. The molecule has 6 nitrogen and oxygen atoms in total. The van der Waals surface area contributed by atoms with Gasteiger partial charge in [0.1, 0.15) is 10.9 Å². The van der Waals surface area contributed by atoms with Gasteiger partial charge in [0.15, 0.2) is 5.84 Å². The van der Waals surface area contributed by atoms with E-state index in [1.807, 2.05) is 6.07 Å². The second kappa shape index (κ2) is 6.47. The first-order valence-electron chi connectivity index (χ1n) is 7.39. The maximum Gasteiger partial charge on any atom is 0.283 e. The van der Waals surface area contributed by atoms with E-state index in [0.717, 1.165) is 5.56 Å². The van der Waals surface area contributed by atoms with E-state index in [9.17, 15) is 9.18 Å². The predicted octanol–water partition coefficient (Wildman–Crippen LogP) is 3.54. The molecule has 0 aliphatic carbocycles. The highest BCUT2D eigenvalue weighted by molar-refractivity contribution is 8.27. The molecule has 1 N–H and O–H groups in total. The summed E-state index contributed by atoms with van der Waals surface area (Å²) in [5.41, 5.74) is 0.694. The zero-order chi connectivity index (χ0) is 18.3. The van der Waals surface area contributed by atoms with Crippen LogP contribution in [0.3, 0.4) is 0 Å². The number of hydrogen-bond donors (Lipinski definition) is 1. The molecule has 1 aromatic carbocycles. The summed E-state index contributed by atoms with van der Waals surface area (Å²) in [5, 5.41) is 14.9. The van der Waals surface area contributed by atoms with Crippen molar-refractivity contribution in [2.24, 2.45) is 10.1 Å². The number of thioether (sulfide) groups is 1. The Labute approximate surface area is 156 Å². The van der Waals surface area contributed by atoms with Gasteiger partial charge in [-0.3, -0.25) is 15.2 Å². The molecule has 2 aromatic rings. The van der Waals surface area contributed by atoms with Crippen molar-refractivity contribution in [3.63, 3.8) is 0 Å². The number of rotatable bonds is 2. The summed E-state index contributed by atoms with van der Waals surface area (Å²) in [4.78, 5) is 20.3. The molecule has 0 fully saturated rings. The number of hydrazone groups is 1. The zero-order valence-electron chi connectivity index (χ0n) is 13.0. The number of amides is 1. The van der Waals surface area contributed by atoms with Gasteiger partial charge in [0.05, 0.1) is 10.6 Å². The lowest BCUT2D eigenvalue weighted by Gasteiger charge is -2.20. The average molecular weight is 386 g/mol. The van der Waals surface area contributed by atoms with Crippen molar-refractivity contribution in [3.05, 3.63) is 70.3 Å². The van der Waals surface area contributed by atoms with Crippen molar-refractivity contribution >= 4 is 51.4 Å². The first-order valence-corrected chi connectivity index (χ1v) is 8.58. The number of nitrogens with one attached hydrogen (secondary N) is 1. The number of carbonyl (C=O) groups excluding carboxylic acids is 1. The summed E-state index contributed by atoms with van der Waals surface area (Å²) in [6.07, 6.45) is 4.50. The molecule has 0 saturated heterocycles. The third kappa shape index (κ3) is 2.83. The third-order valence-electron chi connectivity index (χ3n) is 3.65. The van der Waals surface area contributed by atoms with E-state index in [0.29, 0.717) is 5.04 Å². The van der Waals surface area contributed by atoms with Gasteiger partial charge in [0, 0.05) is 23.5 Å². The Balaban J connectivity index is 1.74. The normalized spacial score (nSPS) is 18.1. The SMILES string of the molecule is N=C1/C(=C/c2c(F)cccc2Cl)C(=O)N=C2SC(c3cccnc3)=NN12. The second-order valence-electron chi connectivity index (χ2n) is 5.30. The fourth-order valence-corrected chi connectivity index (χ4v) is 3.49. The number of pyridine rings is 1. The van der Waals surface area contributed by atoms with Gasteiger partial charge in [-0.15, -0.1) is 0 Å². The lowest BCUT2D eigenvalue weighted by Crippen LogP contribution is -2.35. The van der Waals surface area contributed by atoms with Crippen LogP contribution in [0.5, 0.6) is 0 Å². The van der Waals surface area contributed by atoms with Crippen molar-refractivity contribution in [3.8, 4) is 0 Å². The van der Waals surface area contributed by atoms with Crippen LogP contribution in [0, 0.1) is 11.2 Å². The number of fused-ring (bicyclic) bond motifs is 1. The minimum absolute atomic E-state index is 0.0317. The Hall–Kier alpha value is -2.84. The highest BCUT2D eigenvalue weighted by Crippen LogP contribution is 2.31. The molecule has 9 heteroatoms. The number of carbonyl (C=O) groups is 1. The highest BCUT2D eigenvalue weighted by Gasteiger charge is 2.36. The molecule has 0 saturated carbocycles. The van der Waals surface area contributed by atoms with E-state index in [4.69, 9.17) is 17.0 Å². The van der Waals surface area contributed by atoms with Crippen molar-refractivity contribution < 1.29 is 9.18 Å². The summed E-state index contributed by atoms with van der Waals surface area (Å²) < 4.78 is 14.0. The molecule has 2 aliphatic heterocycles. The van der Waals surface area contributed by atoms with Crippen molar-refractivity contribution in [2.45, 2.75) is 0 Å². The minimum atomic E-state index is -0.643. The largest absolute Gasteiger partial charge is 0.283 e. The summed E-state index contributed by atoms with van der Waals surface area (Å²) in [6, 6.07) is 7.78. The molecule has 0 unspecified atom stereocenters. The van der Waals surface area contributed by atoms with Crippen LogP contribution in [0.4, 0.5) is 4.39 Å². The van der Waals surface area contributed by atoms with Crippen LogP contribution in [0.1, 0.15) is 11.1 Å². The Morgan fingerprint density at radius 2 is 2.12 bits per heavy atom. The number of amidine groups is 2. The van der Waals surface area contributed by atoms with E-state index < -0.39 is 11.7 Å². The zero-order valence-corrected chi connectivity index (χ0v) is 14.6. The van der Waals surface area contributed by atoms with Crippen LogP contribution in [0.15, 0.2) is 58.4 Å². The fraction of sp³-hybridized carbons (Fsp3) is 0. The molecule has 0 atom stereocenters. The van der Waals surface area contributed by atoms with Crippen molar-refractivity contribution in [1.82, 2.24) is 9.99 Å². The van der Waals surface area contributed by atoms with Gasteiger partial charge in [0.2, 0.25) is 5.17 Å². The van der Waals surface area contributed by atoms with E-state index >= 15 is 0 Å². The Kier molecular flexibility index (Phi) is 4.14. The maximum absolute atomic E-state index is 14.0. The predicted molar refractivity (Wildman–Crippen MR) is 99.8 cm³/mol. The third-order valence-corrected chi connectivity index (χ3v) is 4.94. The first kappa shape index (κ1) is 16.6. The molecular weight excluding hydrogens is 377 g/mol. The standard InChI is InChI=1S/C17H9ClFN5OS/c18-12-4-1-5-13(19)10(12)7-11-14(20)24-17(22-15(11)25)26-16(23-24)9-3-2-6-21-8-9/h1-8,20H/b11-7-,20-14?. The number of aromatic nitrogens is 1. The summed E-state index contributed by atoms with van der Waals surface area (Å²) in [5.74, 6) is -1.42. The molecule has 26 heavy (non-hydrogen) atoms. The quantitative estimate of drug-likeness (QED) is 0.801. The lowest BCUT2D eigenvalue weighted by atomic mass is 10.1.